The Labute approximate surface area is 108 Å². The molecule has 1 fully saturated rings. The summed E-state index contributed by atoms with van der Waals surface area (Å²) < 4.78 is 5.50. The van der Waals surface area contributed by atoms with Gasteiger partial charge in [0.15, 0.2) is 0 Å². The van der Waals surface area contributed by atoms with E-state index in [2.05, 4.69) is 29.2 Å². The molecule has 1 atom stereocenters. The van der Waals surface area contributed by atoms with E-state index in [1.54, 1.807) is 0 Å². The predicted molar refractivity (Wildman–Crippen MR) is 71.5 cm³/mol. The molecule has 1 unspecified atom stereocenters. The minimum atomic E-state index is 0.297. The van der Waals surface area contributed by atoms with E-state index in [4.69, 9.17) is 10.6 Å². The van der Waals surface area contributed by atoms with Gasteiger partial charge in [-0.05, 0) is 25.7 Å². The quantitative estimate of drug-likeness (QED) is 0.634. The number of anilines is 1. The van der Waals surface area contributed by atoms with Crippen molar-refractivity contribution in [2.45, 2.75) is 45.4 Å². The Morgan fingerprint density at radius 1 is 1.39 bits per heavy atom. The Morgan fingerprint density at radius 3 is 2.72 bits per heavy atom. The molecule has 1 aliphatic rings. The van der Waals surface area contributed by atoms with Crippen molar-refractivity contribution >= 4 is 5.82 Å². The van der Waals surface area contributed by atoms with E-state index >= 15 is 0 Å². The van der Waals surface area contributed by atoms with E-state index in [-0.39, 0.29) is 0 Å². The molecule has 2 rings (SSSR count). The Bertz CT molecular complexity index is 414. The Balaban J connectivity index is 2.35. The number of nitrogen functional groups attached to an aromatic ring is 1. The van der Waals surface area contributed by atoms with Crippen LogP contribution in [0.1, 0.15) is 55.6 Å². The lowest BCUT2D eigenvalue weighted by molar-refractivity contribution is 0.0780. The van der Waals surface area contributed by atoms with E-state index in [9.17, 15) is 0 Å². The summed E-state index contributed by atoms with van der Waals surface area (Å²) in [4.78, 5) is 9.21. The maximum absolute atomic E-state index is 5.58. The molecule has 0 radical (unpaired) electrons. The fourth-order valence-corrected chi connectivity index (χ4v) is 2.53. The average Bonchev–Trinajstić information content (AvgIpc) is 2.38. The zero-order valence-electron chi connectivity index (χ0n) is 11.4. The molecule has 2 heterocycles. The van der Waals surface area contributed by atoms with Crippen molar-refractivity contribution in [1.82, 2.24) is 9.97 Å². The fraction of sp³-hybridized carbons (Fsp3) is 0.692. The third-order valence-electron chi connectivity index (χ3n) is 3.39. The highest BCUT2D eigenvalue weighted by atomic mass is 16.5. The van der Waals surface area contributed by atoms with E-state index < -0.39 is 0 Å². The molecule has 1 aromatic heterocycles. The van der Waals surface area contributed by atoms with Crippen molar-refractivity contribution in [2.24, 2.45) is 5.84 Å². The highest BCUT2D eigenvalue weighted by molar-refractivity contribution is 5.47. The highest BCUT2D eigenvalue weighted by Crippen LogP contribution is 2.29. The molecule has 0 spiro atoms. The standard InChI is InChI=1S/C13H22N4O/c1-8(2)11-9(3)15-12(16-13(11)17-14)10-5-4-6-18-7-10/h8,10H,4-7,14H2,1-3H3,(H,15,16,17). The monoisotopic (exact) mass is 250 g/mol. The number of hydrogen-bond donors (Lipinski definition) is 2. The number of nitrogens with one attached hydrogen (secondary N) is 1. The van der Waals surface area contributed by atoms with E-state index in [1.165, 1.54) is 0 Å². The predicted octanol–water partition coefficient (Wildman–Crippen LogP) is 2.09. The third-order valence-corrected chi connectivity index (χ3v) is 3.39. The van der Waals surface area contributed by atoms with Gasteiger partial charge in [-0.3, -0.25) is 0 Å². The van der Waals surface area contributed by atoms with Gasteiger partial charge in [0, 0.05) is 23.8 Å². The van der Waals surface area contributed by atoms with Crippen LogP contribution >= 0.6 is 0 Å². The van der Waals surface area contributed by atoms with Crippen molar-refractivity contribution in [3.05, 3.63) is 17.1 Å². The first-order chi connectivity index (χ1) is 8.63. The highest BCUT2D eigenvalue weighted by Gasteiger charge is 2.22. The molecule has 5 nitrogen and oxygen atoms in total. The van der Waals surface area contributed by atoms with Gasteiger partial charge in [0.05, 0.1) is 6.61 Å². The maximum Gasteiger partial charge on any atom is 0.147 e. The Hall–Kier alpha value is -1.20. The molecule has 5 heteroatoms. The lowest BCUT2D eigenvalue weighted by atomic mass is 9.99. The summed E-state index contributed by atoms with van der Waals surface area (Å²) in [6.45, 7) is 7.82. The topological polar surface area (TPSA) is 73.1 Å². The molecule has 1 aromatic rings. The molecule has 3 N–H and O–H groups in total. The van der Waals surface area contributed by atoms with Gasteiger partial charge in [0.25, 0.3) is 0 Å². The van der Waals surface area contributed by atoms with Gasteiger partial charge >= 0.3 is 0 Å². The molecule has 0 bridgehead atoms. The molecule has 0 saturated carbocycles. The minimum absolute atomic E-state index is 0.297. The van der Waals surface area contributed by atoms with Crippen LogP contribution in [0.3, 0.4) is 0 Å². The zero-order chi connectivity index (χ0) is 13.1. The summed E-state index contributed by atoms with van der Waals surface area (Å²) in [5, 5.41) is 0. The minimum Gasteiger partial charge on any atom is -0.381 e. The van der Waals surface area contributed by atoms with E-state index in [0.29, 0.717) is 18.4 Å². The van der Waals surface area contributed by atoms with Gasteiger partial charge < -0.3 is 10.2 Å². The number of rotatable bonds is 3. The Kier molecular flexibility index (Phi) is 4.14. The number of nitrogens with two attached hydrogens (primary N) is 1. The molecule has 0 aromatic carbocycles. The number of hydrogen-bond acceptors (Lipinski definition) is 5. The number of aromatic nitrogens is 2. The van der Waals surface area contributed by atoms with Gasteiger partial charge in [-0.25, -0.2) is 15.8 Å². The third kappa shape index (κ3) is 2.62. The first kappa shape index (κ1) is 13.2. The van der Waals surface area contributed by atoms with Crippen LogP contribution in [0.25, 0.3) is 0 Å². The van der Waals surface area contributed by atoms with Crippen LogP contribution < -0.4 is 11.3 Å². The van der Waals surface area contributed by atoms with Crippen molar-refractivity contribution in [3.63, 3.8) is 0 Å². The number of ether oxygens (including phenoxy) is 1. The van der Waals surface area contributed by atoms with Gasteiger partial charge in [-0.1, -0.05) is 13.8 Å². The number of nitrogens with zero attached hydrogens (tertiary/aromatic N) is 2. The summed E-state index contributed by atoms with van der Waals surface area (Å²) in [5.41, 5.74) is 4.81. The second-order valence-corrected chi connectivity index (χ2v) is 5.14. The van der Waals surface area contributed by atoms with Crippen LogP contribution in [0.4, 0.5) is 5.82 Å². The van der Waals surface area contributed by atoms with Gasteiger partial charge in [-0.15, -0.1) is 0 Å². The van der Waals surface area contributed by atoms with Crippen molar-refractivity contribution in [3.8, 4) is 0 Å². The SMILES string of the molecule is Cc1nc(C2CCCOC2)nc(NN)c1C(C)C. The average molecular weight is 250 g/mol. The van der Waals surface area contributed by atoms with Crippen molar-refractivity contribution in [1.29, 1.82) is 0 Å². The molecular formula is C13H22N4O. The van der Waals surface area contributed by atoms with Crippen molar-refractivity contribution < 1.29 is 4.74 Å². The molecule has 1 aliphatic heterocycles. The summed E-state index contributed by atoms with van der Waals surface area (Å²) in [6.07, 6.45) is 2.16. The first-order valence-corrected chi connectivity index (χ1v) is 6.56. The fourth-order valence-electron chi connectivity index (χ4n) is 2.53. The molecular weight excluding hydrogens is 228 g/mol. The largest absolute Gasteiger partial charge is 0.381 e. The second kappa shape index (κ2) is 5.63. The van der Waals surface area contributed by atoms with E-state index in [1.807, 2.05) is 6.92 Å². The molecule has 100 valence electrons. The van der Waals surface area contributed by atoms with Gasteiger partial charge in [0.1, 0.15) is 11.6 Å². The van der Waals surface area contributed by atoms with Crippen LogP contribution in [0, 0.1) is 6.92 Å². The van der Waals surface area contributed by atoms with Crippen LogP contribution in [0.5, 0.6) is 0 Å². The zero-order valence-corrected chi connectivity index (χ0v) is 11.4. The summed E-state index contributed by atoms with van der Waals surface area (Å²) >= 11 is 0. The van der Waals surface area contributed by atoms with Crippen LogP contribution in [-0.4, -0.2) is 23.2 Å². The summed E-state index contributed by atoms with van der Waals surface area (Å²) in [7, 11) is 0. The molecule has 18 heavy (non-hydrogen) atoms. The normalized spacial score (nSPS) is 20.2. The maximum atomic E-state index is 5.58. The molecule has 1 saturated heterocycles. The van der Waals surface area contributed by atoms with Gasteiger partial charge in [-0.2, -0.15) is 0 Å². The van der Waals surface area contributed by atoms with Crippen LogP contribution in [-0.2, 0) is 4.74 Å². The summed E-state index contributed by atoms with van der Waals surface area (Å²) in [6, 6.07) is 0. The molecule has 0 amide bonds. The summed E-state index contributed by atoms with van der Waals surface area (Å²) in [5.74, 6) is 7.84. The molecule has 0 aliphatic carbocycles. The first-order valence-electron chi connectivity index (χ1n) is 6.56. The van der Waals surface area contributed by atoms with Crippen LogP contribution in [0.15, 0.2) is 0 Å². The van der Waals surface area contributed by atoms with E-state index in [0.717, 1.165) is 42.3 Å². The van der Waals surface area contributed by atoms with Crippen LogP contribution in [0.2, 0.25) is 0 Å². The van der Waals surface area contributed by atoms with Crippen molar-refractivity contribution in [2.75, 3.05) is 18.6 Å². The lowest BCUT2D eigenvalue weighted by Gasteiger charge is -2.23. The number of aryl methyl sites for hydroxylation is 1. The number of hydrazine groups is 1. The smallest absolute Gasteiger partial charge is 0.147 e. The Morgan fingerprint density at radius 2 is 2.17 bits per heavy atom. The lowest BCUT2D eigenvalue weighted by Crippen LogP contribution is -2.21. The van der Waals surface area contributed by atoms with Gasteiger partial charge in [0.2, 0.25) is 0 Å². The second-order valence-electron chi connectivity index (χ2n) is 5.14.